The Hall–Kier alpha value is -1.49. The van der Waals surface area contributed by atoms with Crippen LogP contribution < -0.4 is 0 Å². The minimum atomic E-state index is -4.07. The molecule has 0 aliphatic rings. The normalized spacial score (nSPS) is 13.1. The van der Waals surface area contributed by atoms with Crippen molar-refractivity contribution < 1.29 is 56.0 Å². The second-order valence-corrected chi connectivity index (χ2v) is 9.15. The van der Waals surface area contributed by atoms with Gasteiger partial charge in [-0.15, -0.1) is 0 Å². The third kappa shape index (κ3) is 9.17. The Labute approximate surface area is 186 Å². The summed E-state index contributed by atoms with van der Waals surface area (Å²) in [5.41, 5.74) is -0.309. The molecule has 0 saturated carbocycles. The lowest BCUT2D eigenvalue weighted by Gasteiger charge is -2.24. The van der Waals surface area contributed by atoms with Crippen LogP contribution in [0.4, 0.5) is 0 Å². The van der Waals surface area contributed by atoms with Crippen molar-refractivity contribution in [2.75, 3.05) is 39.6 Å². The average Bonchev–Trinajstić information content (AvgIpc) is 2.72. The van der Waals surface area contributed by atoms with E-state index in [2.05, 4.69) is 0 Å². The molecule has 184 valence electrons. The number of rotatable bonds is 16. The Balaban J connectivity index is 3.00. The van der Waals surface area contributed by atoms with Crippen LogP contribution in [0.15, 0.2) is 18.2 Å². The van der Waals surface area contributed by atoms with Crippen molar-refractivity contribution in [3.8, 4) is 11.5 Å². The standard InChI is InChI=1S/C18H30O12P2/c1-5-25-31(22,26-6-2)29-13-14(30-32(23,27-7-3)28-8-4)12-24-18(21)15-10-9-11-16(19)17(15)20/h9-11,14,19-20H,5-8,12-13H2,1-4H3. The molecule has 1 atom stereocenters. The second-order valence-electron chi connectivity index (χ2n) is 5.86. The minimum absolute atomic E-state index is 0.00179. The number of carbonyl (C=O) groups is 1. The maximum atomic E-state index is 12.7. The highest BCUT2D eigenvalue weighted by Crippen LogP contribution is 2.52. The predicted molar refractivity (Wildman–Crippen MR) is 113 cm³/mol. The number of phosphoric ester groups is 2. The zero-order valence-electron chi connectivity index (χ0n) is 18.4. The van der Waals surface area contributed by atoms with E-state index in [4.69, 9.17) is 31.9 Å². The first-order chi connectivity index (χ1) is 15.1. The van der Waals surface area contributed by atoms with Crippen molar-refractivity contribution in [1.82, 2.24) is 0 Å². The van der Waals surface area contributed by atoms with Gasteiger partial charge in [0.2, 0.25) is 0 Å². The summed E-state index contributed by atoms with van der Waals surface area (Å²) in [6.07, 6.45) is -1.28. The molecule has 0 fully saturated rings. The van der Waals surface area contributed by atoms with Gasteiger partial charge in [-0.3, -0.25) is 27.1 Å². The molecule has 1 unspecified atom stereocenters. The molecule has 1 aromatic rings. The molecule has 0 aliphatic heterocycles. The van der Waals surface area contributed by atoms with E-state index in [-0.39, 0.29) is 32.0 Å². The second kappa shape index (κ2) is 13.9. The summed E-state index contributed by atoms with van der Waals surface area (Å²) >= 11 is 0. The van der Waals surface area contributed by atoms with Crippen LogP contribution in [0.3, 0.4) is 0 Å². The average molecular weight is 500 g/mol. The Morgan fingerprint density at radius 3 is 1.91 bits per heavy atom. The SMILES string of the molecule is CCOP(=O)(OCC)OCC(COC(=O)c1cccc(O)c1O)OP(=O)(OCC)OCC. The lowest BCUT2D eigenvalue weighted by molar-refractivity contribution is -0.00423. The highest BCUT2D eigenvalue weighted by atomic mass is 31.2. The van der Waals surface area contributed by atoms with Crippen molar-refractivity contribution in [1.29, 1.82) is 0 Å². The summed E-state index contributed by atoms with van der Waals surface area (Å²) < 4.78 is 61.2. The molecule has 0 spiro atoms. The van der Waals surface area contributed by atoms with Gasteiger partial charge < -0.3 is 14.9 Å². The molecular formula is C18H30O12P2. The van der Waals surface area contributed by atoms with E-state index in [0.717, 1.165) is 0 Å². The fourth-order valence-electron chi connectivity index (χ4n) is 2.25. The predicted octanol–water partition coefficient (Wildman–Crippen LogP) is 4.02. The Morgan fingerprint density at radius 1 is 0.844 bits per heavy atom. The zero-order valence-corrected chi connectivity index (χ0v) is 20.2. The molecule has 14 heteroatoms. The third-order valence-electron chi connectivity index (χ3n) is 3.48. The summed E-state index contributed by atoms with van der Waals surface area (Å²) in [5, 5.41) is 19.4. The molecule has 32 heavy (non-hydrogen) atoms. The van der Waals surface area contributed by atoms with Crippen LogP contribution in [0, 0.1) is 0 Å². The van der Waals surface area contributed by atoms with Crippen LogP contribution in [0.2, 0.25) is 0 Å². The first-order valence-corrected chi connectivity index (χ1v) is 12.8. The third-order valence-corrected chi connectivity index (χ3v) is 6.80. The van der Waals surface area contributed by atoms with Crippen molar-refractivity contribution >= 4 is 21.6 Å². The van der Waals surface area contributed by atoms with Gasteiger partial charge in [0.25, 0.3) is 0 Å². The van der Waals surface area contributed by atoms with E-state index in [0.29, 0.717) is 0 Å². The zero-order chi connectivity index (χ0) is 24.2. The summed E-state index contributed by atoms with van der Waals surface area (Å²) in [4.78, 5) is 12.3. The summed E-state index contributed by atoms with van der Waals surface area (Å²) in [6.45, 7) is 5.30. The van der Waals surface area contributed by atoms with Crippen molar-refractivity contribution in [3.63, 3.8) is 0 Å². The van der Waals surface area contributed by atoms with Crippen molar-refractivity contribution in [2.24, 2.45) is 0 Å². The van der Waals surface area contributed by atoms with Gasteiger partial charge in [-0.05, 0) is 39.8 Å². The summed E-state index contributed by atoms with van der Waals surface area (Å²) in [6, 6.07) is 3.75. The molecule has 0 radical (unpaired) electrons. The number of esters is 1. The Bertz CT molecular complexity index is 795. The molecule has 0 aliphatic carbocycles. The van der Waals surface area contributed by atoms with Gasteiger partial charge in [-0.2, -0.15) is 0 Å². The van der Waals surface area contributed by atoms with E-state index in [9.17, 15) is 24.1 Å². The molecule has 0 bridgehead atoms. The first kappa shape index (κ1) is 28.5. The van der Waals surface area contributed by atoms with E-state index < -0.39 is 52.4 Å². The van der Waals surface area contributed by atoms with Crippen LogP contribution in [0.5, 0.6) is 11.5 Å². The first-order valence-electron chi connectivity index (χ1n) is 9.92. The number of phenolic OH excluding ortho intramolecular Hbond substituents is 2. The molecular weight excluding hydrogens is 470 g/mol. The molecule has 1 aromatic carbocycles. The molecule has 0 aromatic heterocycles. The quantitative estimate of drug-likeness (QED) is 0.191. The molecule has 1 rings (SSSR count). The number of para-hydroxylation sites is 1. The number of hydrogen-bond acceptors (Lipinski definition) is 12. The summed E-state index contributed by atoms with van der Waals surface area (Å²) in [7, 11) is -8.02. The van der Waals surface area contributed by atoms with Gasteiger partial charge in [0.15, 0.2) is 11.5 Å². The lowest BCUT2D eigenvalue weighted by atomic mass is 10.2. The smallest absolute Gasteiger partial charge is 0.475 e. The molecule has 0 heterocycles. The highest BCUT2D eigenvalue weighted by Gasteiger charge is 2.34. The van der Waals surface area contributed by atoms with Crippen molar-refractivity contribution in [2.45, 2.75) is 33.8 Å². The molecule has 0 saturated heterocycles. The minimum Gasteiger partial charge on any atom is -0.504 e. The number of carbonyl (C=O) groups excluding carboxylic acids is 1. The number of benzene rings is 1. The monoisotopic (exact) mass is 500 g/mol. The molecule has 2 N–H and O–H groups in total. The summed E-state index contributed by atoms with van der Waals surface area (Å²) in [5.74, 6) is -2.19. The highest BCUT2D eigenvalue weighted by molar-refractivity contribution is 7.48. The van der Waals surface area contributed by atoms with E-state index >= 15 is 0 Å². The number of phosphoric acid groups is 2. The fraction of sp³-hybridized carbons (Fsp3) is 0.611. The maximum absolute atomic E-state index is 12.7. The molecule has 0 amide bonds. The van der Waals surface area contributed by atoms with E-state index in [1.165, 1.54) is 18.2 Å². The van der Waals surface area contributed by atoms with Crippen molar-refractivity contribution in [3.05, 3.63) is 23.8 Å². The van der Waals surface area contributed by atoms with Gasteiger partial charge in [0.05, 0.1) is 33.0 Å². The van der Waals surface area contributed by atoms with Gasteiger partial charge in [-0.1, -0.05) is 6.07 Å². The van der Waals surface area contributed by atoms with Crippen LogP contribution >= 0.6 is 15.6 Å². The van der Waals surface area contributed by atoms with Gasteiger partial charge in [0.1, 0.15) is 18.3 Å². The van der Waals surface area contributed by atoms with Crippen LogP contribution in [-0.2, 0) is 41.0 Å². The fourth-order valence-corrected chi connectivity index (χ4v) is 4.77. The van der Waals surface area contributed by atoms with Gasteiger partial charge in [0, 0.05) is 0 Å². The topological polar surface area (TPSA) is 156 Å². The Morgan fingerprint density at radius 2 is 1.38 bits per heavy atom. The van der Waals surface area contributed by atoms with E-state index in [1.807, 2.05) is 0 Å². The Kier molecular flexibility index (Phi) is 12.4. The maximum Gasteiger partial charge on any atom is 0.475 e. The van der Waals surface area contributed by atoms with Crippen LogP contribution in [0.25, 0.3) is 0 Å². The number of ether oxygens (including phenoxy) is 1. The molecule has 12 nitrogen and oxygen atoms in total. The number of phenols is 2. The van der Waals surface area contributed by atoms with Crippen LogP contribution in [0.1, 0.15) is 38.1 Å². The van der Waals surface area contributed by atoms with Crippen LogP contribution in [-0.4, -0.2) is 61.9 Å². The number of hydrogen-bond donors (Lipinski definition) is 2. The van der Waals surface area contributed by atoms with Gasteiger partial charge >= 0.3 is 21.6 Å². The number of aromatic hydroxyl groups is 2. The van der Waals surface area contributed by atoms with E-state index in [1.54, 1.807) is 27.7 Å². The lowest BCUT2D eigenvalue weighted by Crippen LogP contribution is -2.27. The van der Waals surface area contributed by atoms with Gasteiger partial charge in [-0.25, -0.2) is 13.9 Å². The largest absolute Gasteiger partial charge is 0.504 e.